The summed E-state index contributed by atoms with van der Waals surface area (Å²) < 4.78 is 7.47. The van der Waals surface area contributed by atoms with Gasteiger partial charge in [0.15, 0.2) is 5.76 Å². The van der Waals surface area contributed by atoms with Crippen LogP contribution in [-0.4, -0.2) is 14.8 Å². The van der Waals surface area contributed by atoms with E-state index in [0.717, 1.165) is 11.4 Å². The van der Waals surface area contributed by atoms with Crippen LogP contribution >= 0.6 is 0 Å². The minimum absolute atomic E-state index is 0.374. The molecular formula is C13H12N4O. The molecule has 18 heavy (non-hydrogen) atoms. The van der Waals surface area contributed by atoms with Gasteiger partial charge in [-0.15, -0.1) is 10.2 Å². The predicted molar refractivity (Wildman–Crippen MR) is 67.0 cm³/mol. The van der Waals surface area contributed by atoms with Crippen molar-refractivity contribution >= 4 is 0 Å². The van der Waals surface area contributed by atoms with Crippen LogP contribution in [0.3, 0.4) is 0 Å². The summed E-state index contributed by atoms with van der Waals surface area (Å²) in [4.78, 5) is 0. The maximum atomic E-state index is 5.59. The lowest BCUT2D eigenvalue weighted by Gasteiger charge is -2.03. The Bertz CT molecular complexity index is 642. The van der Waals surface area contributed by atoms with Crippen molar-refractivity contribution in [1.82, 2.24) is 14.8 Å². The molecule has 0 radical (unpaired) electrons. The third-order valence-electron chi connectivity index (χ3n) is 2.67. The average Bonchev–Trinajstić information content (AvgIpc) is 3.08. The van der Waals surface area contributed by atoms with Crippen molar-refractivity contribution in [2.75, 3.05) is 0 Å². The van der Waals surface area contributed by atoms with Crippen molar-refractivity contribution in [3.8, 4) is 17.3 Å². The standard InChI is InChI=1S/C13H12N4O/c14-8-11-6-7-12(18-11)13-16-15-9-17(13)10-4-2-1-3-5-10/h1-7,9H,8,14H2. The minimum Gasteiger partial charge on any atom is -0.456 e. The SMILES string of the molecule is NCc1ccc(-c2nncn2-c2ccccc2)o1. The van der Waals surface area contributed by atoms with E-state index in [1.54, 1.807) is 6.33 Å². The van der Waals surface area contributed by atoms with Crippen LogP contribution in [0.2, 0.25) is 0 Å². The number of aromatic nitrogens is 3. The van der Waals surface area contributed by atoms with Crippen LogP contribution in [0.15, 0.2) is 53.2 Å². The first-order chi connectivity index (χ1) is 8.88. The zero-order valence-corrected chi connectivity index (χ0v) is 9.65. The van der Waals surface area contributed by atoms with Gasteiger partial charge < -0.3 is 10.2 Å². The van der Waals surface area contributed by atoms with Gasteiger partial charge in [-0.3, -0.25) is 4.57 Å². The van der Waals surface area contributed by atoms with Crippen LogP contribution in [-0.2, 0) is 6.54 Å². The smallest absolute Gasteiger partial charge is 0.204 e. The van der Waals surface area contributed by atoms with Gasteiger partial charge in [-0.2, -0.15) is 0 Å². The van der Waals surface area contributed by atoms with Gasteiger partial charge in [0.25, 0.3) is 0 Å². The van der Waals surface area contributed by atoms with Crippen LogP contribution in [0.25, 0.3) is 17.3 Å². The summed E-state index contributed by atoms with van der Waals surface area (Å²) in [6.45, 7) is 0.374. The van der Waals surface area contributed by atoms with Gasteiger partial charge in [-0.05, 0) is 24.3 Å². The molecule has 0 saturated heterocycles. The Morgan fingerprint density at radius 2 is 1.94 bits per heavy atom. The van der Waals surface area contributed by atoms with Crippen molar-refractivity contribution in [3.63, 3.8) is 0 Å². The van der Waals surface area contributed by atoms with E-state index < -0.39 is 0 Å². The Hall–Kier alpha value is -2.40. The molecule has 2 N–H and O–H groups in total. The number of hydrogen-bond acceptors (Lipinski definition) is 4. The van der Waals surface area contributed by atoms with E-state index in [-0.39, 0.29) is 0 Å². The number of nitrogens with two attached hydrogens (primary N) is 1. The Balaban J connectivity index is 2.07. The van der Waals surface area contributed by atoms with Gasteiger partial charge >= 0.3 is 0 Å². The van der Waals surface area contributed by atoms with Gasteiger partial charge in [0.05, 0.1) is 6.54 Å². The first kappa shape index (κ1) is 10.7. The molecule has 2 aromatic heterocycles. The van der Waals surface area contributed by atoms with E-state index in [0.29, 0.717) is 18.1 Å². The average molecular weight is 240 g/mol. The highest BCUT2D eigenvalue weighted by Crippen LogP contribution is 2.22. The highest BCUT2D eigenvalue weighted by Gasteiger charge is 2.12. The highest BCUT2D eigenvalue weighted by atomic mass is 16.3. The molecule has 0 unspecified atom stereocenters. The summed E-state index contributed by atoms with van der Waals surface area (Å²) in [7, 11) is 0. The minimum atomic E-state index is 0.374. The predicted octanol–water partition coefficient (Wildman–Crippen LogP) is 1.99. The molecule has 5 heteroatoms. The van der Waals surface area contributed by atoms with Crippen molar-refractivity contribution < 1.29 is 4.42 Å². The molecule has 3 aromatic rings. The maximum Gasteiger partial charge on any atom is 0.204 e. The molecule has 0 saturated carbocycles. The zero-order valence-electron chi connectivity index (χ0n) is 9.65. The topological polar surface area (TPSA) is 69.9 Å². The van der Waals surface area contributed by atoms with E-state index in [1.807, 2.05) is 47.0 Å². The molecule has 2 heterocycles. The van der Waals surface area contributed by atoms with E-state index in [4.69, 9.17) is 10.2 Å². The first-order valence-electron chi connectivity index (χ1n) is 5.63. The lowest BCUT2D eigenvalue weighted by molar-refractivity contribution is 0.520. The summed E-state index contributed by atoms with van der Waals surface area (Å²) in [5, 5.41) is 8.02. The third-order valence-corrected chi connectivity index (χ3v) is 2.67. The second-order valence-electron chi connectivity index (χ2n) is 3.83. The van der Waals surface area contributed by atoms with Crippen molar-refractivity contribution in [2.45, 2.75) is 6.54 Å². The van der Waals surface area contributed by atoms with Gasteiger partial charge in [0, 0.05) is 5.69 Å². The van der Waals surface area contributed by atoms with E-state index >= 15 is 0 Å². The number of benzene rings is 1. The fraction of sp³-hybridized carbons (Fsp3) is 0.0769. The molecule has 0 bridgehead atoms. The molecule has 0 fully saturated rings. The van der Waals surface area contributed by atoms with E-state index in [9.17, 15) is 0 Å². The second-order valence-corrected chi connectivity index (χ2v) is 3.83. The summed E-state index contributed by atoms with van der Waals surface area (Å²) in [5.41, 5.74) is 6.52. The monoisotopic (exact) mass is 240 g/mol. The Morgan fingerprint density at radius 1 is 1.11 bits per heavy atom. The van der Waals surface area contributed by atoms with Crippen LogP contribution in [0, 0.1) is 0 Å². The first-order valence-corrected chi connectivity index (χ1v) is 5.63. The molecular weight excluding hydrogens is 228 g/mol. The maximum absolute atomic E-state index is 5.59. The van der Waals surface area contributed by atoms with Crippen molar-refractivity contribution in [3.05, 3.63) is 54.6 Å². The molecule has 1 aromatic carbocycles. The lowest BCUT2D eigenvalue weighted by Crippen LogP contribution is -1.95. The normalized spacial score (nSPS) is 10.7. The Kier molecular flexibility index (Phi) is 2.66. The molecule has 0 spiro atoms. The zero-order chi connectivity index (χ0) is 12.4. The number of rotatable bonds is 3. The Labute approximate surface area is 104 Å². The number of furan rings is 1. The van der Waals surface area contributed by atoms with Crippen LogP contribution < -0.4 is 5.73 Å². The second kappa shape index (κ2) is 4.46. The van der Waals surface area contributed by atoms with Crippen molar-refractivity contribution in [2.24, 2.45) is 5.73 Å². The van der Waals surface area contributed by atoms with Crippen LogP contribution in [0.5, 0.6) is 0 Å². The lowest BCUT2D eigenvalue weighted by atomic mass is 10.3. The van der Waals surface area contributed by atoms with E-state index in [1.165, 1.54) is 0 Å². The summed E-state index contributed by atoms with van der Waals surface area (Å²) >= 11 is 0. The Morgan fingerprint density at radius 3 is 2.67 bits per heavy atom. The van der Waals surface area contributed by atoms with E-state index in [2.05, 4.69) is 10.2 Å². The fourth-order valence-corrected chi connectivity index (χ4v) is 1.79. The molecule has 0 aliphatic heterocycles. The largest absolute Gasteiger partial charge is 0.456 e. The molecule has 5 nitrogen and oxygen atoms in total. The molecule has 0 atom stereocenters. The molecule has 3 rings (SSSR count). The van der Waals surface area contributed by atoms with Gasteiger partial charge in [-0.25, -0.2) is 0 Å². The quantitative estimate of drug-likeness (QED) is 0.760. The van der Waals surface area contributed by atoms with Gasteiger partial charge in [-0.1, -0.05) is 18.2 Å². The third kappa shape index (κ3) is 1.80. The highest BCUT2D eigenvalue weighted by molar-refractivity contribution is 5.51. The molecule has 90 valence electrons. The molecule has 0 amide bonds. The summed E-state index contributed by atoms with van der Waals surface area (Å²) in [6, 6.07) is 13.6. The van der Waals surface area contributed by atoms with Crippen LogP contribution in [0.1, 0.15) is 5.76 Å². The number of hydrogen-bond donors (Lipinski definition) is 1. The van der Waals surface area contributed by atoms with Gasteiger partial charge in [0.2, 0.25) is 5.82 Å². The number of para-hydroxylation sites is 1. The van der Waals surface area contributed by atoms with Crippen LogP contribution in [0.4, 0.5) is 0 Å². The summed E-state index contributed by atoms with van der Waals surface area (Å²) in [6.07, 6.45) is 1.66. The molecule has 0 aliphatic carbocycles. The number of nitrogens with zero attached hydrogens (tertiary/aromatic N) is 3. The fourth-order valence-electron chi connectivity index (χ4n) is 1.79. The summed E-state index contributed by atoms with van der Waals surface area (Å²) in [5.74, 6) is 2.06. The molecule has 0 aliphatic rings. The van der Waals surface area contributed by atoms with Crippen molar-refractivity contribution in [1.29, 1.82) is 0 Å². The van der Waals surface area contributed by atoms with Gasteiger partial charge in [0.1, 0.15) is 12.1 Å².